The molecule has 1 saturated heterocycles. The van der Waals surface area contributed by atoms with Crippen molar-refractivity contribution >= 4 is 17.7 Å². The number of hydrogen-bond acceptors (Lipinski definition) is 6. The van der Waals surface area contributed by atoms with Crippen LogP contribution >= 0.6 is 0 Å². The van der Waals surface area contributed by atoms with E-state index in [0.717, 1.165) is 36.1 Å². The third-order valence-corrected chi connectivity index (χ3v) is 6.24. The zero-order valence-corrected chi connectivity index (χ0v) is 19.2. The third kappa shape index (κ3) is 5.42. The minimum Gasteiger partial charge on any atom is -0.465 e. The van der Waals surface area contributed by atoms with E-state index in [1.165, 1.54) is 4.90 Å². The molecule has 3 aromatic rings. The zero-order valence-electron chi connectivity index (χ0n) is 19.2. The number of nitrogens with one attached hydrogen (secondary N) is 3. The van der Waals surface area contributed by atoms with Crippen molar-refractivity contribution in [3.63, 3.8) is 0 Å². The summed E-state index contributed by atoms with van der Waals surface area (Å²) in [7, 11) is 0. The maximum atomic E-state index is 12.6. The fraction of sp³-hybridized carbons (Fsp3) is 0.348. The van der Waals surface area contributed by atoms with Crippen LogP contribution in [0.2, 0.25) is 0 Å². The van der Waals surface area contributed by atoms with Gasteiger partial charge in [0.25, 0.3) is 11.5 Å². The van der Waals surface area contributed by atoms with Gasteiger partial charge in [0.2, 0.25) is 0 Å². The van der Waals surface area contributed by atoms with Gasteiger partial charge in [-0.25, -0.2) is 9.59 Å². The molecular formula is C23H27N7O5. The molecule has 0 radical (unpaired) electrons. The summed E-state index contributed by atoms with van der Waals surface area (Å²) < 4.78 is 1.88. The number of hydrogen-bond donors (Lipinski definition) is 5. The molecule has 1 atom stereocenters. The van der Waals surface area contributed by atoms with Gasteiger partial charge >= 0.3 is 11.8 Å². The molecule has 3 heterocycles. The van der Waals surface area contributed by atoms with E-state index in [9.17, 15) is 19.2 Å². The number of H-pyrrole nitrogens is 2. The minimum absolute atomic E-state index is 0.280. The fourth-order valence-electron chi connectivity index (χ4n) is 4.20. The van der Waals surface area contributed by atoms with Gasteiger partial charge in [0.05, 0.1) is 12.2 Å². The molecule has 1 aliphatic rings. The lowest BCUT2D eigenvalue weighted by atomic mass is 9.97. The number of amides is 2. The Morgan fingerprint density at radius 1 is 1.23 bits per heavy atom. The number of benzene rings is 1. The van der Waals surface area contributed by atoms with E-state index < -0.39 is 29.3 Å². The Kier molecular flexibility index (Phi) is 6.71. The van der Waals surface area contributed by atoms with Crippen molar-refractivity contribution in [3.8, 4) is 11.1 Å². The Bertz CT molecular complexity index is 1350. The number of anilines is 1. The van der Waals surface area contributed by atoms with E-state index in [1.54, 1.807) is 13.1 Å². The number of carbonyl (C=O) groups is 2. The maximum Gasteiger partial charge on any atom is 0.407 e. The van der Waals surface area contributed by atoms with E-state index in [4.69, 9.17) is 10.8 Å². The number of aromatic amines is 2. The molecule has 1 fully saturated rings. The first kappa shape index (κ1) is 23.8. The van der Waals surface area contributed by atoms with E-state index in [1.807, 2.05) is 40.1 Å². The summed E-state index contributed by atoms with van der Waals surface area (Å²) in [6.45, 7) is 3.58. The Morgan fingerprint density at radius 3 is 2.69 bits per heavy atom. The summed E-state index contributed by atoms with van der Waals surface area (Å²) in [4.78, 5) is 52.5. The third-order valence-electron chi connectivity index (χ3n) is 6.24. The number of carboxylic acid groups (broad SMARTS) is 1. The molecule has 0 saturated carbocycles. The molecule has 6 N–H and O–H groups in total. The van der Waals surface area contributed by atoms with Crippen LogP contribution in [-0.2, 0) is 6.54 Å². The van der Waals surface area contributed by atoms with Crippen LogP contribution in [0.25, 0.3) is 11.1 Å². The summed E-state index contributed by atoms with van der Waals surface area (Å²) in [6, 6.07) is 7.17. The molecule has 12 nitrogen and oxygen atoms in total. The first-order valence-electron chi connectivity index (χ1n) is 11.2. The Labute approximate surface area is 199 Å². The molecule has 12 heteroatoms. The standard InChI is InChI=1S/C23H27N7O5/c1-13(26-21(32)19-18(24)20(31)28-22(33)27-19)15-3-2-4-16(9-15)17-10-25-30(12-17)11-14-5-7-29(8-6-14)23(34)35/h2-4,9-10,12-14H,5-8,11,24H2,1H3,(H,26,32)(H,34,35)(H2,27,28,31,33). The number of rotatable bonds is 6. The number of nitrogens with zero attached hydrogens (tertiary/aromatic N) is 3. The predicted octanol–water partition coefficient (Wildman–Crippen LogP) is 1.39. The van der Waals surface area contributed by atoms with Crippen molar-refractivity contribution < 1.29 is 14.7 Å². The van der Waals surface area contributed by atoms with Gasteiger partial charge in [0, 0.05) is 31.4 Å². The lowest BCUT2D eigenvalue weighted by Crippen LogP contribution is -2.38. The van der Waals surface area contributed by atoms with Crippen LogP contribution in [0.5, 0.6) is 0 Å². The van der Waals surface area contributed by atoms with Crippen molar-refractivity contribution in [2.24, 2.45) is 5.92 Å². The van der Waals surface area contributed by atoms with Gasteiger partial charge in [-0.1, -0.05) is 18.2 Å². The molecule has 1 aliphatic heterocycles. The molecule has 0 spiro atoms. The van der Waals surface area contributed by atoms with Crippen molar-refractivity contribution in [2.75, 3.05) is 18.8 Å². The Hall–Kier alpha value is -4.35. The van der Waals surface area contributed by atoms with Crippen LogP contribution in [0.3, 0.4) is 0 Å². The lowest BCUT2D eigenvalue weighted by Gasteiger charge is -2.29. The van der Waals surface area contributed by atoms with Crippen LogP contribution < -0.4 is 22.3 Å². The van der Waals surface area contributed by atoms with E-state index >= 15 is 0 Å². The molecule has 35 heavy (non-hydrogen) atoms. The molecule has 0 aliphatic carbocycles. The molecule has 1 aromatic carbocycles. The van der Waals surface area contributed by atoms with Gasteiger partial charge in [-0.05, 0) is 42.9 Å². The van der Waals surface area contributed by atoms with Crippen LogP contribution in [-0.4, -0.2) is 54.8 Å². The second-order valence-electron chi connectivity index (χ2n) is 8.68. The normalized spacial score (nSPS) is 15.1. The molecule has 0 bridgehead atoms. The minimum atomic E-state index is -0.871. The summed E-state index contributed by atoms with van der Waals surface area (Å²) >= 11 is 0. The number of aromatic nitrogens is 4. The van der Waals surface area contributed by atoms with Gasteiger partial charge in [-0.2, -0.15) is 5.10 Å². The average molecular weight is 482 g/mol. The molecular weight excluding hydrogens is 454 g/mol. The van der Waals surface area contributed by atoms with Crippen molar-refractivity contribution in [3.05, 3.63) is 68.8 Å². The number of likely N-dealkylation sites (tertiary alicyclic amines) is 1. The van der Waals surface area contributed by atoms with Crippen LogP contribution in [0.4, 0.5) is 10.5 Å². The lowest BCUT2D eigenvalue weighted by molar-refractivity contribution is 0.0935. The SMILES string of the molecule is CC(NC(=O)c1[nH]c(=O)[nH]c(=O)c1N)c1cccc(-c2cnn(CC3CCN(C(=O)O)CC3)c2)c1. The topological polar surface area (TPSA) is 179 Å². The van der Waals surface area contributed by atoms with Gasteiger partial charge in [-0.3, -0.25) is 19.3 Å². The average Bonchev–Trinajstić information content (AvgIpc) is 3.30. The molecule has 4 rings (SSSR count). The molecule has 184 valence electrons. The van der Waals surface area contributed by atoms with Gasteiger partial charge in [0.1, 0.15) is 11.4 Å². The number of piperidine rings is 1. The van der Waals surface area contributed by atoms with Crippen molar-refractivity contribution in [1.29, 1.82) is 0 Å². The highest BCUT2D eigenvalue weighted by atomic mass is 16.4. The second kappa shape index (κ2) is 9.87. The first-order chi connectivity index (χ1) is 16.7. The highest BCUT2D eigenvalue weighted by Crippen LogP contribution is 2.25. The van der Waals surface area contributed by atoms with Crippen LogP contribution in [0, 0.1) is 5.92 Å². The quantitative estimate of drug-likeness (QED) is 0.353. The number of nitrogen functional groups attached to an aromatic ring is 1. The second-order valence-corrected chi connectivity index (χ2v) is 8.68. The predicted molar refractivity (Wildman–Crippen MR) is 128 cm³/mol. The first-order valence-corrected chi connectivity index (χ1v) is 11.2. The maximum absolute atomic E-state index is 12.6. The highest BCUT2D eigenvalue weighted by molar-refractivity contribution is 5.97. The van der Waals surface area contributed by atoms with Gasteiger partial charge in [-0.15, -0.1) is 0 Å². The summed E-state index contributed by atoms with van der Waals surface area (Å²) in [5, 5.41) is 16.3. The van der Waals surface area contributed by atoms with Crippen molar-refractivity contribution in [1.82, 2.24) is 30.0 Å². The van der Waals surface area contributed by atoms with Gasteiger partial charge in [0.15, 0.2) is 0 Å². The van der Waals surface area contributed by atoms with Crippen LogP contribution in [0.15, 0.2) is 46.2 Å². The van der Waals surface area contributed by atoms with E-state index in [0.29, 0.717) is 19.0 Å². The van der Waals surface area contributed by atoms with Crippen molar-refractivity contribution in [2.45, 2.75) is 32.4 Å². The molecule has 2 amide bonds. The fourth-order valence-corrected chi connectivity index (χ4v) is 4.20. The summed E-state index contributed by atoms with van der Waals surface area (Å²) in [5.74, 6) is -0.297. The highest BCUT2D eigenvalue weighted by Gasteiger charge is 2.23. The molecule has 1 unspecified atom stereocenters. The molecule has 2 aromatic heterocycles. The zero-order chi connectivity index (χ0) is 25.1. The number of carbonyl (C=O) groups excluding carboxylic acids is 1. The summed E-state index contributed by atoms with van der Waals surface area (Å²) in [5.41, 5.74) is 6.02. The monoisotopic (exact) mass is 481 g/mol. The van der Waals surface area contributed by atoms with Gasteiger partial charge < -0.3 is 26.0 Å². The Balaban J connectivity index is 1.43. The Morgan fingerprint density at radius 2 is 1.97 bits per heavy atom. The van der Waals surface area contributed by atoms with E-state index in [2.05, 4.69) is 15.4 Å². The van der Waals surface area contributed by atoms with Crippen LogP contribution in [0.1, 0.15) is 41.9 Å². The smallest absolute Gasteiger partial charge is 0.407 e. The largest absolute Gasteiger partial charge is 0.465 e. The number of nitrogens with two attached hydrogens (primary N) is 1. The summed E-state index contributed by atoms with van der Waals surface area (Å²) in [6.07, 6.45) is 4.46. The van der Waals surface area contributed by atoms with E-state index in [-0.39, 0.29) is 11.4 Å².